The number of para-hydroxylation sites is 1. The minimum atomic E-state index is 0.0850. The second-order valence-electron chi connectivity index (χ2n) is 4.88. The summed E-state index contributed by atoms with van der Waals surface area (Å²) in [5.74, 6) is 1.50. The Morgan fingerprint density at radius 3 is 2.57 bits per heavy atom. The van der Waals surface area contributed by atoms with Gasteiger partial charge in [-0.2, -0.15) is 0 Å². The Hall–Kier alpha value is -2.29. The SMILES string of the molecule is CCC(=O)c1ccccc1OCc1cc(C)ccc1OC. The average molecular weight is 284 g/mol. The van der Waals surface area contributed by atoms with Crippen LogP contribution in [0.15, 0.2) is 42.5 Å². The molecular weight excluding hydrogens is 264 g/mol. The van der Waals surface area contributed by atoms with E-state index in [-0.39, 0.29) is 5.78 Å². The summed E-state index contributed by atoms with van der Waals surface area (Å²) < 4.78 is 11.2. The fraction of sp³-hybridized carbons (Fsp3) is 0.278. The lowest BCUT2D eigenvalue weighted by Crippen LogP contribution is -2.04. The lowest BCUT2D eigenvalue weighted by atomic mass is 10.1. The maximum atomic E-state index is 11.9. The van der Waals surface area contributed by atoms with Crippen LogP contribution in [0.3, 0.4) is 0 Å². The molecule has 0 fully saturated rings. The number of methoxy groups -OCH3 is 1. The number of hydrogen-bond donors (Lipinski definition) is 0. The van der Waals surface area contributed by atoms with Gasteiger partial charge >= 0.3 is 0 Å². The third kappa shape index (κ3) is 3.63. The minimum Gasteiger partial charge on any atom is -0.496 e. The van der Waals surface area contributed by atoms with Crippen molar-refractivity contribution in [3.63, 3.8) is 0 Å². The number of Topliss-reactive ketones (excluding diaryl/α,β-unsaturated/α-hetero) is 1. The van der Waals surface area contributed by atoms with Crippen LogP contribution in [0, 0.1) is 6.92 Å². The van der Waals surface area contributed by atoms with Gasteiger partial charge in [0.05, 0.1) is 12.7 Å². The molecule has 2 rings (SSSR count). The molecule has 0 aliphatic heterocycles. The Balaban J connectivity index is 2.21. The molecule has 2 aromatic carbocycles. The van der Waals surface area contributed by atoms with E-state index < -0.39 is 0 Å². The van der Waals surface area contributed by atoms with Crippen molar-refractivity contribution < 1.29 is 14.3 Å². The molecule has 0 bridgehead atoms. The smallest absolute Gasteiger partial charge is 0.166 e. The second-order valence-corrected chi connectivity index (χ2v) is 4.88. The highest BCUT2D eigenvalue weighted by atomic mass is 16.5. The number of ketones is 1. The highest BCUT2D eigenvalue weighted by Crippen LogP contribution is 2.24. The van der Waals surface area contributed by atoms with Crippen LogP contribution in [0.1, 0.15) is 34.8 Å². The van der Waals surface area contributed by atoms with E-state index in [1.165, 1.54) is 0 Å². The fourth-order valence-electron chi connectivity index (χ4n) is 2.19. The molecule has 3 heteroatoms. The van der Waals surface area contributed by atoms with Crippen LogP contribution in [-0.4, -0.2) is 12.9 Å². The Morgan fingerprint density at radius 2 is 1.86 bits per heavy atom. The van der Waals surface area contributed by atoms with Crippen molar-refractivity contribution in [2.45, 2.75) is 26.9 Å². The zero-order valence-electron chi connectivity index (χ0n) is 12.7. The maximum Gasteiger partial charge on any atom is 0.166 e. The Kier molecular flexibility index (Phi) is 4.99. The van der Waals surface area contributed by atoms with E-state index in [0.29, 0.717) is 24.3 Å². The van der Waals surface area contributed by atoms with E-state index >= 15 is 0 Å². The van der Waals surface area contributed by atoms with Gasteiger partial charge in [0.1, 0.15) is 18.1 Å². The summed E-state index contributed by atoms with van der Waals surface area (Å²) in [5.41, 5.74) is 2.75. The third-order valence-electron chi connectivity index (χ3n) is 3.33. The van der Waals surface area contributed by atoms with Gasteiger partial charge in [-0.25, -0.2) is 0 Å². The lowest BCUT2D eigenvalue weighted by Gasteiger charge is -2.13. The monoisotopic (exact) mass is 284 g/mol. The molecule has 0 saturated heterocycles. The summed E-state index contributed by atoms with van der Waals surface area (Å²) in [6.45, 7) is 4.25. The predicted octanol–water partition coefficient (Wildman–Crippen LogP) is 4.18. The topological polar surface area (TPSA) is 35.5 Å². The van der Waals surface area contributed by atoms with Crippen LogP contribution < -0.4 is 9.47 Å². The number of aryl methyl sites for hydroxylation is 1. The molecule has 0 N–H and O–H groups in total. The predicted molar refractivity (Wildman–Crippen MR) is 83.1 cm³/mol. The van der Waals surface area contributed by atoms with Crippen molar-refractivity contribution in [3.8, 4) is 11.5 Å². The van der Waals surface area contributed by atoms with Crippen LogP contribution in [0.4, 0.5) is 0 Å². The molecule has 0 aliphatic rings. The number of carbonyl (C=O) groups is 1. The molecule has 0 aromatic heterocycles. The number of carbonyl (C=O) groups excluding carboxylic acids is 1. The van der Waals surface area contributed by atoms with Crippen LogP contribution >= 0.6 is 0 Å². The normalized spacial score (nSPS) is 10.2. The molecule has 110 valence electrons. The Labute approximate surface area is 125 Å². The third-order valence-corrected chi connectivity index (χ3v) is 3.33. The zero-order chi connectivity index (χ0) is 15.2. The summed E-state index contributed by atoms with van der Waals surface area (Å²) in [7, 11) is 1.64. The van der Waals surface area contributed by atoms with E-state index in [9.17, 15) is 4.79 Å². The lowest BCUT2D eigenvalue weighted by molar-refractivity contribution is 0.0983. The Morgan fingerprint density at radius 1 is 1.10 bits per heavy atom. The summed E-state index contributed by atoms with van der Waals surface area (Å²) in [6, 6.07) is 13.3. The fourth-order valence-corrected chi connectivity index (χ4v) is 2.19. The zero-order valence-corrected chi connectivity index (χ0v) is 12.7. The van der Waals surface area contributed by atoms with Crippen LogP contribution in [-0.2, 0) is 6.61 Å². The number of ether oxygens (including phenoxy) is 2. The summed E-state index contributed by atoms with van der Waals surface area (Å²) >= 11 is 0. The van der Waals surface area contributed by atoms with Gasteiger partial charge in [0.25, 0.3) is 0 Å². The van der Waals surface area contributed by atoms with Gasteiger partial charge in [-0.3, -0.25) is 4.79 Å². The van der Waals surface area contributed by atoms with Crippen molar-refractivity contribution in [3.05, 3.63) is 59.2 Å². The highest BCUT2D eigenvalue weighted by molar-refractivity contribution is 5.98. The van der Waals surface area contributed by atoms with E-state index in [1.807, 2.05) is 50.2 Å². The minimum absolute atomic E-state index is 0.0850. The van der Waals surface area contributed by atoms with Gasteiger partial charge in [0.15, 0.2) is 5.78 Å². The van der Waals surface area contributed by atoms with E-state index in [2.05, 4.69) is 0 Å². The van der Waals surface area contributed by atoms with Gasteiger partial charge in [0.2, 0.25) is 0 Å². The van der Waals surface area contributed by atoms with Crippen LogP contribution in [0.5, 0.6) is 11.5 Å². The van der Waals surface area contributed by atoms with Crippen molar-refractivity contribution in [1.29, 1.82) is 0 Å². The van der Waals surface area contributed by atoms with Crippen molar-refractivity contribution in [2.75, 3.05) is 7.11 Å². The molecule has 21 heavy (non-hydrogen) atoms. The van der Waals surface area contributed by atoms with Gasteiger partial charge < -0.3 is 9.47 Å². The summed E-state index contributed by atoms with van der Waals surface area (Å²) in [5, 5.41) is 0. The maximum absolute atomic E-state index is 11.9. The molecular formula is C18H20O3. The molecule has 0 aliphatic carbocycles. The highest BCUT2D eigenvalue weighted by Gasteiger charge is 2.11. The molecule has 0 unspecified atom stereocenters. The van der Waals surface area contributed by atoms with E-state index in [1.54, 1.807) is 13.2 Å². The van der Waals surface area contributed by atoms with E-state index in [0.717, 1.165) is 16.9 Å². The van der Waals surface area contributed by atoms with Gasteiger partial charge in [-0.15, -0.1) is 0 Å². The molecule has 0 saturated carbocycles. The molecule has 0 atom stereocenters. The van der Waals surface area contributed by atoms with Crippen LogP contribution in [0.2, 0.25) is 0 Å². The molecule has 0 spiro atoms. The standard InChI is InChI=1S/C18H20O3/c1-4-16(19)15-7-5-6-8-18(15)21-12-14-11-13(2)9-10-17(14)20-3/h5-11H,4,12H2,1-3H3. The van der Waals surface area contributed by atoms with Crippen LogP contribution in [0.25, 0.3) is 0 Å². The first kappa shape index (κ1) is 15.1. The second kappa shape index (κ2) is 6.93. The Bertz CT molecular complexity index is 632. The molecule has 0 heterocycles. The number of hydrogen-bond acceptors (Lipinski definition) is 3. The van der Waals surface area contributed by atoms with Crippen molar-refractivity contribution in [2.24, 2.45) is 0 Å². The van der Waals surface area contributed by atoms with Gasteiger partial charge in [-0.05, 0) is 31.2 Å². The summed E-state index contributed by atoms with van der Waals surface area (Å²) in [4.78, 5) is 11.9. The first-order valence-corrected chi connectivity index (χ1v) is 7.04. The van der Waals surface area contributed by atoms with Crippen molar-refractivity contribution in [1.82, 2.24) is 0 Å². The quantitative estimate of drug-likeness (QED) is 0.747. The average Bonchev–Trinajstić information content (AvgIpc) is 2.52. The molecule has 0 amide bonds. The first-order chi connectivity index (χ1) is 10.2. The number of benzene rings is 2. The molecule has 2 aromatic rings. The first-order valence-electron chi connectivity index (χ1n) is 7.04. The van der Waals surface area contributed by atoms with Gasteiger partial charge in [0, 0.05) is 12.0 Å². The number of rotatable bonds is 6. The van der Waals surface area contributed by atoms with Gasteiger partial charge in [-0.1, -0.05) is 30.7 Å². The molecule has 0 radical (unpaired) electrons. The largest absolute Gasteiger partial charge is 0.496 e. The van der Waals surface area contributed by atoms with Crippen molar-refractivity contribution >= 4 is 5.78 Å². The molecule has 3 nitrogen and oxygen atoms in total. The summed E-state index contributed by atoms with van der Waals surface area (Å²) in [6.07, 6.45) is 0.466. The van der Waals surface area contributed by atoms with E-state index in [4.69, 9.17) is 9.47 Å².